The molecule has 0 saturated heterocycles. The number of nitrogens with one attached hydrogen (secondary N) is 1. The van der Waals surface area contributed by atoms with Crippen LogP contribution in [-0.2, 0) is 11.3 Å². The number of halogens is 2. The molecular formula is C16H12F2N2O6. The molecule has 0 saturated carbocycles. The lowest BCUT2D eigenvalue weighted by Gasteiger charge is -2.10. The Morgan fingerprint density at radius 2 is 2.08 bits per heavy atom. The van der Waals surface area contributed by atoms with Crippen molar-refractivity contribution in [3.63, 3.8) is 0 Å². The zero-order chi connectivity index (χ0) is 18.9. The molecule has 0 aliphatic carbocycles. The number of hydrogen-bond donors (Lipinski definition) is 1. The van der Waals surface area contributed by atoms with Gasteiger partial charge in [-0.1, -0.05) is 12.1 Å². The molecule has 0 atom stereocenters. The molecule has 26 heavy (non-hydrogen) atoms. The highest BCUT2D eigenvalue weighted by Crippen LogP contribution is 2.43. The smallest absolute Gasteiger partial charge is 0.465 e. The van der Waals surface area contributed by atoms with Crippen LogP contribution in [0.1, 0.15) is 15.9 Å². The minimum absolute atomic E-state index is 0.0155. The molecule has 1 heterocycles. The zero-order valence-electron chi connectivity index (χ0n) is 13.3. The normalized spacial score (nSPS) is 14.0. The molecule has 0 unspecified atom stereocenters. The lowest BCUT2D eigenvalue weighted by molar-refractivity contribution is -0.384. The number of carbonyl (C=O) groups is 1. The van der Waals surface area contributed by atoms with E-state index in [4.69, 9.17) is 0 Å². The fraction of sp³-hybridized carbons (Fsp3) is 0.188. The van der Waals surface area contributed by atoms with Crippen LogP contribution in [0.4, 0.5) is 20.2 Å². The SMILES string of the molecule is COC(=O)c1ccc(NCc2cccc3c2OC(F)(F)O3)c([N+](=O)[O-])c1. The first kappa shape index (κ1) is 17.4. The molecule has 2 aromatic carbocycles. The van der Waals surface area contributed by atoms with E-state index in [9.17, 15) is 23.7 Å². The number of methoxy groups -OCH3 is 1. The minimum atomic E-state index is -3.76. The van der Waals surface area contributed by atoms with E-state index in [1.54, 1.807) is 0 Å². The van der Waals surface area contributed by atoms with E-state index < -0.39 is 17.2 Å². The van der Waals surface area contributed by atoms with Crippen molar-refractivity contribution in [3.05, 3.63) is 57.6 Å². The van der Waals surface area contributed by atoms with E-state index >= 15 is 0 Å². The van der Waals surface area contributed by atoms with Gasteiger partial charge >= 0.3 is 12.3 Å². The van der Waals surface area contributed by atoms with Gasteiger partial charge in [-0.15, -0.1) is 8.78 Å². The molecule has 0 fully saturated rings. The number of rotatable bonds is 5. The maximum Gasteiger partial charge on any atom is 0.586 e. The van der Waals surface area contributed by atoms with E-state index in [-0.39, 0.29) is 35.0 Å². The second-order valence-electron chi connectivity index (χ2n) is 5.25. The Morgan fingerprint density at radius 1 is 1.31 bits per heavy atom. The van der Waals surface area contributed by atoms with Crippen LogP contribution in [0.2, 0.25) is 0 Å². The quantitative estimate of drug-likeness (QED) is 0.492. The average molecular weight is 366 g/mol. The third kappa shape index (κ3) is 3.34. The number of hydrogen-bond acceptors (Lipinski definition) is 7. The Hall–Kier alpha value is -3.43. The van der Waals surface area contributed by atoms with Gasteiger partial charge in [0.1, 0.15) is 5.69 Å². The maximum absolute atomic E-state index is 13.2. The van der Waals surface area contributed by atoms with Gasteiger partial charge in [0, 0.05) is 18.2 Å². The number of fused-ring (bicyclic) bond motifs is 1. The fourth-order valence-corrected chi connectivity index (χ4v) is 2.43. The van der Waals surface area contributed by atoms with E-state index in [0.29, 0.717) is 5.56 Å². The van der Waals surface area contributed by atoms with Gasteiger partial charge in [-0.3, -0.25) is 10.1 Å². The summed E-state index contributed by atoms with van der Waals surface area (Å²) in [6.07, 6.45) is -3.76. The number of nitro groups is 1. The monoisotopic (exact) mass is 366 g/mol. The van der Waals surface area contributed by atoms with Gasteiger partial charge in [-0.05, 0) is 18.2 Å². The van der Waals surface area contributed by atoms with Crippen LogP contribution in [0, 0.1) is 10.1 Å². The van der Waals surface area contributed by atoms with Crippen molar-refractivity contribution < 1.29 is 32.7 Å². The summed E-state index contributed by atoms with van der Waals surface area (Å²) in [4.78, 5) is 22.1. The van der Waals surface area contributed by atoms with Gasteiger partial charge in [-0.2, -0.15) is 0 Å². The third-order valence-electron chi connectivity index (χ3n) is 3.59. The van der Waals surface area contributed by atoms with E-state index in [1.807, 2.05) is 0 Å². The lowest BCUT2D eigenvalue weighted by Crippen LogP contribution is -2.26. The summed E-state index contributed by atoms with van der Waals surface area (Å²) in [5, 5.41) is 14.0. The second kappa shape index (κ2) is 6.47. The van der Waals surface area contributed by atoms with Gasteiger partial charge in [-0.25, -0.2) is 4.79 Å². The second-order valence-corrected chi connectivity index (χ2v) is 5.25. The first-order valence-corrected chi connectivity index (χ1v) is 7.29. The Labute approximate surface area is 145 Å². The van der Waals surface area contributed by atoms with Crippen molar-refractivity contribution >= 4 is 17.3 Å². The standard InChI is InChI=1S/C16H12F2N2O6/c1-24-15(21)9-5-6-11(12(7-9)20(22)23)19-8-10-3-2-4-13-14(10)26-16(17,18)25-13/h2-7,19H,8H2,1H3. The number of nitro benzene ring substituents is 1. The molecule has 8 nitrogen and oxygen atoms in total. The Bertz CT molecular complexity index is 887. The number of benzene rings is 2. The van der Waals surface area contributed by atoms with Crippen molar-refractivity contribution in [1.82, 2.24) is 0 Å². The van der Waals surface area contributed by atoms with Crippen molar-refractivity contribution in [1.29, 1.82) is 0 Å². The molecular weight excluding hydrogens is 354 g/mol. The summed E-state index contributed by atoms with van der Waals surface area (Å²) in [6.45, 7) is -0.0407. The molecule has 0 amide bonds. The van der Waals surface area contributed by atoms with Crippen LogP contribution < -0.4 is 14.8 Å². The van der Waals surface area contributed by atoms with Gasteiger partial charge in [0.05, 0.1) is 17.6 Å². The molecule has 1 aliphatic rings. The molecule has 1 aliphatic heterocycles. The number of anilines is 1. The molecule has 1 N–H and O–H groups in total. The van der Waals surface area contributed by atoms with E-state index in [1.165, 1.54) is 30.3 Å². The zero-order valence-corrected chi connectivity index (χ0v) is 13.3. The Morgan fingerprint density at radius 3 is 2.77 bits per heavy atom. The molecule has 0 bridgehead atoms. The largest absolute Gasteiger partial charge is 0.586 e. The molecule has 136 valence electrons. The van der Waals surface area contributed by atoms with E-state index in [0.717, 1.165) is 13.2 Å². The summed E-state index contributed by atoms with van der Waals surface area (Å²) in [5.74, 6) is -0.975. The molecule has 0 spiro atoms. The molecule has 10 heteroatoms. The van der Waals surface area contributed by atoms with Crippen molar-refractivity contribution in [3.8, 4) is 11.5 Å². The maximum atomic E-state index is 13.2. The third-order valence-corrected chi connectivity index (χ3v) is 3.59. The van der Waals surface area contributed by atoms with Gasteiger partial charge in [0.2, 0.25) is 0 Å². The number of esters is 1. The number of ether oxygens (including phenoxy) is 3. The fourth-order valence-electron chi connectivity index (χ4n) is 2.43. The van der Waals surface area contributed by atoms with Gasteiger partial charge < -0.3 is 19.5 Å². The molecule has 0 aromatic heterocycles. The first-order chi connectivity index (χ1) is 12.3. The summed E-state index contributed by atoms with van der Waals surface area (Å²) in [6, 6.07) is 8.09. The Kier molecular flexibility index (Phi) is 4.33. The molecule has 2 aromatic rings. The minimum Gasteiger partial charge on any atom is -0.465 e. The first-order valence-electron chi connectivity index (χ1n) is 7.29. The summed E-state index contributed by atoms with van der Waals surface area (Å²) in [7, 11) is 1.16. The average Bonchev–Trinajstić information content (AvgIpc) is 2.93. The van der Waals surface area contributed by atoms with Crippen LogP contribution in [-0.4, -0.2) is 24.3 Å². The highest BCUT2D eigenvalue weighted by molar-refractivity contribution is 5.91. The predicted octanol–water partition coefficient (Wildman–Crippen LogP) is 3.32. The van der Waals surface area contributed by atoms with E-state index in [2.05, 4.69) is 19.5 Å². The predicted molar refractivity (Wildman–Crippen MR) is 84.4 cm³/mol. The van der Waals surface area contributed by atoms with Crippen molar-refractivity contribution in [2.75, 3.05) is 12.4 Å². The van der Waals surface area contributed by atoms with Crippen molar-refractivity contribution in [2.24, 2.45) is 0 Å². The number of nitrogens with zero attached hydrogens (tertiary/aromatic N) is 1. The lowest BCUT2D eigenvalue weighted by atomic mass is 10.1. The van der Waals surface area contributed by atoms with Crippen LogP contribution in [0.25, 0.3) is 0 Å². The summed E-state index contributed by atoms with van der Waals surface area (Å²) in [5.41, 5.74) is 0.0849. The highest BCUT2D eigenvalue weighted by atomic mass is 19.3. The highest BCUT2D eigenvalue weighted by Gasteiger charge is 2.44. The molecule has 3 rings (SSSR count). The topological polar surface area (TPSA) is 99.9 Å². The number of carbonyl (C=O) groups excluding carboxylic acids is 1. The van der Waals surface area contributed by atoms with Crippen LogP contribution in [0.5, 0.6) is 11.5 Å². The number of alkyl halides is 2. The summed E-state index contributed by atoms with van der Waals surface area (Å²) < 4.78 is 39.8. The molecule has 0 radical (unpaired) electrons. The van der Waals surface area contributed by atoms with Gasteiger partial charge in [0.15, 0.2) is 11.5 Å². The Balaban J connectivity index is 1.84. The summed E-state index contributed by atoms with van der Waals surface area (Å²) >= 11 is 0. The van der Waals surface area contributed by atoms with Gasteiger partial charge in [0.25, 0.3) is 5.69 Å². The number of para-hydroxylation sites is 1. The van der Waals surface area contributed by atoms with Crippen LogP contribution in [0.3, 0.4) is 0 Å². The van der Waals surface area contributed by atoms with Crippen molar-refractivity contribution in [2.45, 2.75) is 12.8 Å². The van der Waals surface area contributed by atoms with Crippen LogP contribution >= 0.6 is 0 Å². The van der Waals surface area contributed by atoms with Crippen LogP contribution in [0.15, 0.2) is 36.4 Å².